The first kappa shape index (κ1) is 17.5. The summed E-state index contributed by atoms with van der Waals surface area (Å²) in [4.78, 5) is 4.42. The van der Waals surface area contributed by atoms with Crippen LogP contribution in [0, 0.1) is 5.21 Å². The van der Waals surface area contributed by atoms with Crippen molar-refractivity contribution in [2.75, 3.05) is 7.11 Å². The molecule has 0 fully saturated rings. The fourth-order valence-corrected chi connectivity index (χ4v) is 2.73. The molecule has 0 atom stereocenters. The molecule has 0 N–H and O–H groups in total. The van der Waals surface area contributed by atoms with E-state index < -0.39 is 0 Å². The number of ether oxygens (including phenoxy) is 1. The molecule has 0 radical (unpaired) electrons. The van der Waals surface area contributed by atoms with Gasteiger partial charge in [-0.15, -0.1) is 0 Å². The minimum absolute atomic E-state index is 0.402. The Morgan fingerprint density at radius 1 is 0.929 bits per heavy atom. The SMILES string of the molecule is COc1cccc(/C=[N+](\[O-])c2ccc(-c3nc(-c4ccccc4)no3)cc2)c1. The normalized spacial score (nSPS) is 11.4. The van der Waals surface area contributed by atoms with Gasteiger partial charge in [-0.1, -0.05) is 41.6 Å². The summed E-state index contributed by atoms with van der Waals surface area (Å²) in [5.74, 6) is 1.62. The second-order valence-corrected chi connectivity index (χ2v) is 6.07. The smallest absolute Gasteiger partial charge is 0.258 e. The van der Waals surface area contributed by atoms with Crippen molar-refractivity contribution in [2.24, 2.45) is 0 Å². The highest BCUT2D eigenvalue weighted by molar-refractivity contribution is 5.77. The van der Waals surface area contributed by atoms with E-state index in [2.05, 4.69) is 10.1 Å². The first-order valence-electron chi connectivity index (χ1n) is 8.68. The van der Waals surface area contributed by atoms with E-state index in [1.807, 2.05) is 48.5 Å². The second-order valence-electron chi connectivity index (χ2n) is 6.07. The van der Waals surface area contributed by atoms with Gasteiger partial charge < -0.3 is 14.5 Å². The van der Waals surface area contributed by atoms with E-state index in [1.165, 1.54) is 6.21 Å². The van der Waals surface area contributed by atoms with Crippen LogP contribution in [0.25, 0.3) is 22.8 Å². The van der Waals surface area contributed by atoms with E-state index in [0.29, 0.717) is 23.2 Å². The lowest BCUT2D eigenvalue weighted by Gasteiger charge is -2.04. The summed E-state index contributed by atoms with van der Waals surface area (Å²) in [6.07, 6.45) is 1.50. The van der Waals surface area contributed by atoms with Crippen LogP contribution in [0.4, 0.5) is 5.69 Å². The molecule has 0 aliphatic heterocycles. The Kier molecular flexibility index (Phi) is 4.84. The lowest BCUT2D eigenvalue weighted by atomic mass is 10.2. The molecule has 0 unspecified atom stereocenters. The maximum Gasteiger partial charge on any atom is 0.258 e. The highest BCUT2D eigenvalue weighted by Gasteiger charge is 2.11. The molecule has 0 bridgehead atoms. The van der Waals surface area contributed by atoms with Crippen molar-refractivity contribution < 1.29 is 14.0 Å². The van der Waals surface area contributed by atoms with Crippen LogP contribution in [-0.2, 0) is 0 Å². The average Bonchev–Trinajstić information content (AvgIpc) is 3.25. The number of nitrogens with zero attached hydrogens (tertiary/aromatic N) is 3. The first-order valence-corrected chi connectivity index (χ1v) is 8.68. The van der Waals surface area contributed by atoms with Crippen molar-refractivity contribution in [3.05, 3.63) is 89.6 Å². The molecular formula is C22H17N3O3. The van der Waals surface area contributed by atoms with Gasteiger partial charge in [0.25, 0.3) is 5.89 Å². The minimum Gasteiger partial charge on any atom is -0.618 e. The number of aromatic nitrogens is 2. The second kappa shape index (κ2) is 7.75. The quantitative estimate of drug-likeness (QED) is 0.220. The Hall–Kier alpha value is -3.93. The molecule has 6 nitrogen and oxygen atoms in total. The van der Waals surface area contributed by atoms with Gasteiger partial charge in [-0.3, -0.25) is 0 Å². The molecule has 0 aliphatic rings. The van der Waals surface area contributed by atoms with Crippen LogP contribution in [-0.4, -0.2) is 28.2 Å². The van der Waals surface area contributed by atoms with Gasteiger partial charge in [0.1, 0.15) is 5.75 Å². The van der Waals surface area contributed by atoms with E-state index in [-0.39, 0.29) is 0 Å². The van der Waals surface area contributed by atoms with Crippen molar-refractivity contribution in [1.82, 2.24) is 10.1 Å². The van der Waals surface area contributed by atoms with Gasteiger partial charge in [-0.05, 0) is 30.3 Å². The molecule has 28 heavy (non-hydrogen) atoms. The third kappa shape index (κ3) is 3.76. The summed E-state index contributed by atoms with van der Waals surface area (Å²) < 4.78 is 11.3. The summed E-state index contributed by atoms with van der Waals surface area (Å²) in [6, 6.07) is 23.9. The zero-order chi connectivity index (χ0) is 19.3. The van der Waals surface area contributed by atoms with Gasteiger partial charge in [0.05, 0.1) is 7.11 Å². The maximum atomic E-state index is 12.4. The molecular weight excluding hydrogens is 354 g/mol. The molecule has 4 rings (SSSR count). The fraction of sp³-hybridized carbons (Fsp3) is 0.0455. The van der Waals surface area contributed by atoms with Gasteiger partial charge in [0.15, 0.2) is 6.21 Å². The number of hydrogen-bond donors (Lipinski definition) is 0. The van der Waals surface area contributed by atoms with Crippen molar-refractivity contribution >= 4 is 11.9 Å². The van der Waals surface area contributed by atoms with Gasteiger partial charge >= 0.3 is 0 Å². The molecule has 3 aromatic carbocycles. The van der Waals surface area contributed by atoms with E-state index in [4.69, 9.17) is 9.26 Å². The number of methoxy groups -OCH3 is 1. The van der Waals surface area contributed by atoms with E-state index >= 15 is 0 Å². The first-order chi connectivity index (χ1) is 13.7. The summed E-state index contributed by atoms with van der Waals surface area (Å²) in [5, 5.41) is 16.4. The molecule has 0 amide bonds. The van der Waals surface area contributed by atoms with Crippen LogP contribution >= 0.6 is 0 Å². The lowest BCUT2D eigenvalue weighted by Crippen LogP contribution is -1.99. The molecule has 0 saturated heterocycles. The van der Waals surface area contributed by atoms with Gasteiger partial charge in [0.2, 0.25) is 11.5 Å². The lowest BCUT2D eigenvalue weighted by molar-refractivity contribution is -0.354. The largest absolute Gasteiger partial charge is 0.618 e. The molecule has 6 heteroatoms. The minimum atomic E-state index is 0.402. The number of rotatable bonds is 5. The molecule has 1 aromatic heterocycles. The van der Waals surface area contributed by atoms with Crippen LogP contribution in [0.1, 0.15) is 5.56 Å². The predicted octanol–water partition coefficient (Wildman–Crippen LogP) is 4.67. The van der Waals surface area contributed by atoms with Crippen molar-refractivity contribution in [2.45, 2.75) is 0 Å². The summed E-state index contributed by atoms with van der Waals surface area (Å²) >= 11 is 0. The Bertz CT molecular complexity index is 1100. The number of hydrogen-bond acceptors (Lipinski definition) is 5. The Morgan fingerprint density at radius 2 is 1.71 bits per heavy atom. The summed E-state index contributed by atoms with van der Waals surface area (Å²) in [6.45, 7) is 0. The number of benzene rings is 3. The van der Waals surface area contributed by atoms with Crippen molar-refractivity contribution in [1.29, 1.82) is 0 Å². The van der Waals surface area contributed by atoms with E-state index in [9.17, 15) is 5.21 Å². The van der Waals surface area contributed by atoms with Crippen LogP contribution in [0.3, 0.4) is 0 Å². The van der Waals surface area contributed by atoms with Gasteiger partial charge in [-0.2, -0.15) is 9.72 Å². The zero-order valence-corrected chi connectivity index (χ0v) is 15.1. The van der Waals surface area contributed by atoms with E-state index in [1.54, 1.807) is 37.4 Å². The predicted molar refractivity (Wildman–Crippen MR) is 107 cm³/mol. The molecule has 1 heterocycles. The highest BCUT2D eigenvalue weighted by atomic mass is 16.5. The Balaban J connectivity index is 1.55. The van der Waals surface area contributed by atoms with Crippen molar-refractivity contribution in [3.63, 3.8) is 0 Å². The molecule has 4 aromatic rings. The average molecular weight is 371 g/mol. The van der Waals surface area contributed by atoms with Crippen LogP contribution in [0.2, 0.25) is 0 Å². The van der Waals surface area contributed by atoms with Gasteiger partial charge in [0, 0.05) is 28.8 Å². The Labute approximate surface area is 161 Å². The van der Waals surface area contributed by atoms with Crippen LogP contribution < -0.4 is 4.74 Å². The maximum absolute atomic E-state index is 12.4. The highest BCUT2D eigenvalue weighted by Crippen LogP contribution is 2.24. The zero-order valence-electron chi connectivity index (χ0n) is 15.1. The third-order valence-electron chi connectivity index (χ3n) is 4.19. The van der Waals surface area contributed by atoms with Gasteiger partial charge in [-0.25, -0.2) is 0 Å². The topological polar surface area (TPSA) is 74.2 Å². The monoisotopic (exact) mass is 371 g/mol. The summed E-state index contributed by atoms with van der Waals surface area (Å²) in [7, 11) is 1.59. The Morgan fingerprint density at radius 3 is 2.46 bits per heavy atom. The standard InChI is InChI=1S/C22H17N3O3/c1-27-20-9-5-6-16(14-20)15-25(26)19-12-10-18(11-13-19)22-23-21(24-28-22)17-7-3-2-4-8-17/h2-15H,1H3/b25-15-. The fourth-order valence-electron chi connectivity index (χ4n) is 2.73. The molecule has 0 spiro atoms. The molecule has 0 saturated carbocycles. The van der Waals surface area contributed by atoms with Crippen molar-refractivity contribution in [3.8, 4) is 28.6 Å². The third-order valence-corrected chi connectivity index (χ3v) is 4.19. The van der Waals surface area contributed by atoms with Crippen LogP contribution in [0.15, 0.2) is 83.4 Å². The molecule has 138 valence electrons. The van der Waals surface area contributed by atoms with Crippen LogP contribution in [0.5, 0.6) is 5.75 Å². The molecule has 0 aliphatic carbocycles. The summed E-state index contributed by atoms with van der Waals surface area (Å²) in [5.41, 5.74) is 2.87. The van der Waals surface area contributed by atoms with E-state index in [0.717, 1.165) is 21.4 Å².